The predicted octanol–water partition coefficient (Wildman–Crippen LogP) is 4.40. The van der Waals surface area contributed by atoms with Gasteiger partial charge in [-0.1, -0.05) is 36.5 Å². The molecule has 7 nitrogen and oxygen atoms in total. The molecule has 2 N–H and O–H groups in total. The molecule has 31 heavy (non-hydrogen) atoms. The van der Waals surface area contributed by atoms with Crippen molar-refractivity contribution in [3.05, 3.63) is 44.9 Å². The van der Waals surface area contributed by atoms with Crippen LogP contribution in [0.3, 0.4) is 0 Å². The maximum Gasteiger partial charge on any atom is 0.256 e. The van der Waals surface area contributed by atoms with Crippen molar-refractivity contribution in [3.63, 3.8) is 0 Å². The SMILES string of the molecule is CCCCNC(=O)Cc1csc(NC(=O)CN(C(=O)c2ccc(Cl)cc2Cl)C(C)C)n1. The summed E-state index contributed by atoms with van der Waals surface area (Å²) < 4.78 is 0. The zero-order valence-electron chi connectivity index (χ0n) is 17.7. The molecule has 2 aromatic rings. The second kappa shape index (κ2) is 12.0. The van der Waals surface area contributed by atoms with Crippen LogP contribution in [0.4, 0.5) is 5.13 Å². The first kappa shape index (κ1) is 25.1. The molecule has 0 fully saturated rings. The Labute approximate surface area is 196 Å². The average Bonchev–Trinajstić information content (AvgIpc) is 3.12. The molecule has 0 aliphatic rings. The van der Waals surface area contributed by atoms with Crippen LogP contribution >= 0.6 is 34.5 Å². The standard InChI is InChI=1S/C21H26Cl2N4O3S/c1-4-5-8-24-18(28)10-15-12-31-21(25-15)26-19(29)11-27(13(2)3)20(30)16-7-6-14(22)9-17(16)23/h6-7,9,12-13H,4-5,8,10-11H2,1-3H3,(H,24,28)(H,25,26,29). The molecule has 168 valence electrons. The van der Waals surface area contributed by atoms with E-state index in [2.05, 4.69) is 22.5 Å². The largest absolute Gasteiger partial charge is 0.356 e. The average molecular weight is 485 g/mol. The number of nitrogens with one attached hydrogen (secondary N) is 2. The maximum atomic E-state index is 12.9. The smallest absolute Gasteiger partial charge is 0.256 e. The van der Waals surface area contributed by atoms with Crippen molar-refractivity contribution in [2.75, 3.05) is 18.4 Å². The van der Waals surface area contributed by atoms with Crippen LogP contribution in [0, 0.1) is 0 Å². The van der Waals surface area contributed by atoms with E-state index in [0.717, 1.165) is 12.8 Å². The van der Waals surface area contributed by atoms with E-state index in [9.17, 15) is 14.4 Å². The summed E-state index contributed by atoms with van der Waals surface area (Å²) in [4.78, 5) is 43.0. The normalized spacial score (nSPS) is 10.8. The van der Waals surface area contributed by atoms with Gasteiger partial charge in [0, 0.05) is 23.0 Å². The third-order valence-corrected chi connectivity index (χ3v) is 5.71. The fraction of sp³-hybridized carbons (Fsp3) is 0.429. The summed E-state index contributed by atoms with van der Waals surface area (Å²) in [7, 11) is 0. The van der Waals surface area contributed by atoms with Crippen molar-refractivity contribution < 1.29 is 14.4 Å². The fourth-order valence-electron chi connectivity index (χ4n) is 2.70. The first-order valence-corrected chi connectivity index (χ1v) is 11.6. The van der Waals surface area contributed by atoms with Gasteiger partial charge < -0.3 is 15.5 Å². The molecule has 10 heteroatoms. The summed E-state index contributed by atoms with van der Waals surface area (Å²) in [6.45, 7) is 6.16. The molecule has 0 radical (unpaired) electrons. The lowest BCUT2D eigenvalue weighted by atomic mass is 10.1. The number of benzene rings is 1. The number of rotatable bonds is 10. The van der Waals surface area contributed by atoms with E-state index >= 15 is 0 Å². The van der Waals surface area contributed by atoms with Gasteiger partial charge >= 0.3 is 0 Å². The van der Waals surface area contributed by atoms with Crippen molar-refractivity contribution in [3.8, 4) is 0 Å². The number of hydrogen-bond donors (Lipinski definition) is 2. The van der Waals surface area contributed by atoms with Crippen LogP contribution in [0.5, 0.6) is 0 Å². The lowest BCUT2D eigenvalue weighted by Crippen LogP contribution is -2.42. The van der Waals surface area contributed by atoms with Crippen LogP contribution in [0.15, 0.2) is 23.6 Å². The molecule has 0 bridgehead atoms. The quantitative estimate of drug-likeness (QED) is 0.488. The number of nitrogens with zero attached hydrogens (tertiary/aromatic N) is 2. The highest BCUT2D eigenvalue weighted by Crippen LogP contribution is 2.23. The van der Waals surface area contributed by atoms with Crippen molar-refractivity contribution in [2.24, 2.45) is 0 Å². The minimum Gasteiger partial charge on any atom is -0.356 e. The molecule has 0 aliphatic carbocycles. The van der Waals surface area contributed by atoms with E-state index in [-0.39, 0.29) is 47.3 Å². The highest BCUT2D eigenvalue weighted by Gasteiger charge is 2.24. The van der Waals surface area contributed by atoms with Gasteiger partial charge in [-0.3, -0.25) is 14.4 Å². The molecule has 2 rings (SSSR count). The molecule has 1 heterocycles. The summed E-state index contributed by atoms with van der Waals surface area (Å²) >= 11 is 13.3. The zero-order valence-corrected chi connectivity index (χ0v) is 20.0. The Bertz CT molecular complexity index is 933. The van der Waals surface area contributed by atoms with Crippen LogP contribution in [-0.4, -0.2) is 46.7 Å². The summed E-state index contributed by atoms with van der Waals surface area (Å²) in [5, 5.41) is 8.28. The Kier molecular flexibility index (Phi) is 9.74. The molecule has 1 aromatic carbocycles. The second-order valence-electron chi connectivity index (χ2n) is 7.22. The predicted molar refractivity (Wildman–Crippen MR) is 125 cm³/mol. The second-order valence-corrected chi connectivity index (χ2v) is 8.93. The lowest BCUT2D eigenvalue weighted by Gasteiger charge is -2.26. The number of carbonyl (C=O) groups is 3. The van der Waals surface area contributed by atoms with Crippen molar-refractivity contribution in [1.29, 1.82) is 0 Å². The molecule has 3 amide bonds. The van der Waals surface area contributed by atoms with Gasteiger partial charge in [0.2, 0.25) is 11.8 Å². The number of anilines is 1. The van der Waals surface area contributed by atoms with E-state index < -0.39 is 0 Å². The molecular formula is C21H26Cl2N4O3S. The molecular weight excluding hydrogens is 459 g/mol. The summed E-state index contributed by atoms with van der Waals surface area (Å²) in [5.41, 5.74) is 0.859. The minimum absolute atomic E-state index is 0.104. The first-order chi connectivity index (χ1) is 14.7. The van der Waals surface area contributed by atoms with E-state index in [0.29, 0.717) is 22.4 Å². The number of thiazole rings is 1. The minimum atomic E-state index is -0.388. The molecule has 1 aromatic heterocycles. The lowest BCUT2D eigenvalue weighted by molar-refractivity contribution is -0.120. The van der Waals surface area contributed by atoms with Gasteiger partial charge in [-0.05, 0) is 38.5 Å². The molecule has 0 spiro atoms. The number of halogens is 2. The van der Waals surface area contributed by atoms with Crippen LogP contribution in [0.1, 0.15) is 49.7 Å². The van der Waals surface area contributed by atoms with Gasteiger partial charge in [-0.25, -0.2) is 4.98 Å². The molecule has 0 saturated carbocycles. The van der Waals surface area contributed by atoms with Gasteiger partial charge in [0.05, 0.1) is 22.7 Å². The number of hydrogen-bond acceptors (Lipinski definition) is 5. The van der Waals surface area contributed by atoms with E-state index in [4.69, 9.17) is 23.2 Å². The van der Waals surface area contributed by atoms with Gasteiger partial charge in [-0.2, -0.15) is 0 Å². The van der Waals surface area contributed by atoms with Gasteiger partial charge in [0.15, 0.2) is 5.13 Å². The Hall–Kier alpha value is -2.16. The van der Waals surface area contributed by atoms with Gasteiger partial charge in [0.25, 0.3) is 5.91 Å². The van der Waals surface area contributed by atoms with Crippen LogP contribution in [0.2, 0.25) is 10.0 Å². The van der Waals surface area contributed by atoms with Crippen molar-refractivity contribution >= 4 is 57.4 Å². The van der Waals surface area contributed by atoms with E-state index in [1.165, 1.54) is 22.3 Å². The van der Waals surface area contributed by atoms with E-state index in [1.54, 1.807) is 17.5 Å². The first-order valence-electron chi connectivity index (χ1n) is 9.98. The van der Waals surface area contributed by atoms with Crippen LogP contribution < -0.4 is 10.6 Å². The highest BCUT2D eigenvalue weighted by molar-refractivity contribution is 7.13. The third-order valence-electron chi connectivity index (χ3n) is 4.35. The maximum absolute atomic E-state index is 12.9. The number of amides is 3. The van der Waals surface area contributed by atoms with Crippen molar-refractivity contribution in [1.82, 2.24) is 15.2 Å². The summed E-state index contributed by atoms with van der Waals surface area (Å²) in [6, 6.07) is 4.38. The topological polar surface area (TPSA) is 91.4 Å². The number of aromatic nitrogens is 1. The highest BCUT2D eigenvalue weighted by atomic mass is 35.5. The molecule has 0 saturated heterocycles. The number of unbranched alkanes of at least 4 members (excludes halogenated alkanes) is 1. The Morgan fingerprint density at radius 2 is 1.94 bits per heavy atom. The Morgan fingerprint density at radius 3 is 2.58 bits per heavy atom. The fourth-order valence-corrected chi connectivity index (χ4v) is 3.91. The van der Waals surface area contributed by atoms with E-state index in [1.807, 2.05) is 13.8 Å². The molecule has 0 unspecified atom stereocenters. The monoisotopic (exact) mass is 484 g/mol. The molecule has 0 atom stereocenters. The summed E-state index contributed by atoms with van der Waals surface area (Å²) in [5.74, 6) is -0.858. The van der Waals surface area contributed by atoms with Gasteiger partial charge in [-0.15, -0.1) is 11.3 Å². The van der Waals surface area contributed by atoms with Crippen LogP contribution in [0.25, 0.3) is 0 Å². The Morgan fingerprint density at radius 1 is 1.19 bits per heavy atom. The zero-order chi connectivity index (χ0) is 23.0. The molecule has 0 aliphatic heterocycles. The Balaban J connectivity index is 1.97. The van der Waals surface area contributed by atoms with Crippen molar-refractivity contribution in [2.45, 2.75) is 46.1 Å². The van der Waals surface area contributed by atoms with Gasteiger partial charge in [0.1, 0.15) is 6.54 Å². The number of carbonyl (C=O) groups excluding carboxylic acids is 3. The van der Waals surface area contributed by atoms with Crippen LogP contribution in [-0.2, 0) is 16.0 Å². The third kappa shape index (κ3) is 7.79. The summed E-state index contributed by atoms with van der Waals surface area (Å²) in [6.07, 6.45) is 2.09.